The summed E-state index contributed by atoms with van der Waals surface area (Å²) in [7, 11) is 0. The van der Waals surface area contributed by atoms with Gasteiger partial charge in [0.05, 0.1) is 11.4 Å². The summed E-state index contributed by atoms with van der Waals surface area (Å²) in [4.78, 5) is 27.6. The molecule has 0 radical (unpaired) electrons. The van der Waals surface area contributed by atoms with Crippen LogP contribution in [0.4, 0.5) is 0 Å². The Kier molecular flexibility index (Phi) is 1.79. The van der Waals surface area contributed by atoms with Crippen LogP contribution in [0.25, 0.3) is 0 Å². The highest BCUT2D eigenvalue weighted by Crippen LogP contribution is 2.31. The SMILES string of the molecule is CC1CN1C1=CC(=O)C(N2CC2C)=CC1=O. The maximum Gasteiger partial charge on any atom is 0.204 e. The van der Waals surface area contributed by atoms with Gasteiger partial charge < -0.3 is 9.80 Å². The van der Waals surface area contributed by atoms with Crippen molar-refractivity contribution in [2.75, 3.05) is 13.1 Å². The summed E-state index contributed by atoms with van der Waals surface area (Å²) in [6, 6.07) is 0.802. The van der Waals surface area contributed by atoms with E-state index in [9.17, 15) is 9.59 Å². The molecule has 0 N–H and O–H groups in total. The topological polar surface area (TPSA) is 40.2 Å². The zero-order chi connectivity index (χ0) is 11.4. The van der Waals surface area contributed by atoms with Crippen LogP contribution < -0.4 is 0 Å². The van der Waals surface area contributed by atoms with E-state index in [0.29, 0.717) is 23.5 Å². The molecule has 2 unspecified atom stereocenters. The fourth-order valence-corrected chi connectivity index (χ4v) is 2.13. The first-order chi connectivity index (χ1) is 7.58. The van der Waals surface area contributed by atoms with Gasteiger partial charge in [-0.2, -0.15) is 0 Å². The minimum Gasteiger partial charge on any atom is -0.362 e. The second-order valence-electron chi connectivity index (χ2n) is 4.79. The van der Waals surface area contributed by atoms with Gasteiger partial charge in [-0.05, 0) is 13.8 Å². The molecular weight excluding hydrogens is 204 g/mol. The summed E-state index contributed by atoms with van der Waals surface area (Å²) < 4.78 is 0. The predicted octanol–water partition coefficient (Wildman–Crippen LogP) is 0.314. The molecule has 0 aromatic rings. The molecule has 0 aromatic carbocycles. The number of carbonyl (C=O) groups is 2. The average Bonchev–Trinajstić information content (AvgIpc) is 3.10. The van der Waals surface area contributed by atoms with Crippen molar-refractivity contribution in [2.45, 2.75) is 25.9 Å². The molecule has 2 saturated heterocycles. The van der Waals surface area contributed by atoms with Crippen molar-refractivity contribution < 1.29 is 9.59 Å². The molecule has 2 heterocycles. The number of nitrogens with zero attached hydrogens (tertiary/aromatic N) is 2. The highest BCUT2D eigenvalue weighted by molar-refractivity contribution is 6.19. The molecule has 0 amide bonds. The van der Waals surface area contributed by atoms with E-state index in [1.807, 2.05) is 23.6 Å². The van der Waals surface area contributed by atoms with Gasteiger partial charge in [-0.1, -0.05) is 0 Å². The molecular formula is C12H14N2O2. The lowest BCUT2D eigenvalue weighted by molar-refractivity contribution is -0.116. The highest BCUT2D eigenvalue weighted by atomic mass is 16.1. The van der Waals surface area contributed by atoms with Crippen LogP contribution >= 0.6 is 0 Å². The molecule has 2 atom stereocenters. The molecule has 1 aliphatic carbocycles. The smallest absolute Gasteiger partial charge is 0.204 e. The predicted molar refractivity (Wildman–Crippen MR) is 58.5 cm³/mol. The lowest BCUT2D eigenvalue weighted by Gasteiger charge is -2.14. The van der Waals surface area contributed by atoms with Gasteiger partial charge in [0, 0.05) is 37.3 Å². The third kappa shape index (κ3) is 1.37. The van der Waals surface area contributed by atoms with E-state index >= 15 is 0 Å². The summed E-state index contributed by atoms with van der Waals surface area (Å²) >= 11 is 0. The summed E-state index contributed by atoms with van der Waals surface area (Å²) in [5, 5.41) is 0. The second kappa shape index (κ2) is 2.97. The van der Waals surface area contributed by atoms with Crippen LogP contribution in [0.3, 0.4) is 0 Å². The first-order valence-corrected chi connectivity index (χ1v) is 5.63. The van der Waals surface area contributed by atoms with E-state index in [0.717, 1.165) is 13.1 Å². The Bertz CT molecular complexity index is 408. The van der Waals surface area contributed by atoms with Crippen LogP contribution in [0, 0.1) is 0 Å². The molecule has 0 aromatic heterocycles. The monoisotopic (exact) mass is 218 g/mol. The van der Waals surface area contributed by atoms with Crippen LogP contribution in [-0.4, -0.2) is 46.5 Å². The fourth-order valence-electron chi connectivity index (χ4n) is 2.13. The van der Waals surface area contributed by atoms with E-state index < -0.39 is 0 Å². The largest absolute Gasteiger partial charge is 0.362 e. The van der Waals surface area contributed by atoms with E-state index in [1.54, 1.807) is 0 Å². The molecule has 4 nitrogen and oxygen atoms in total. The van der Waals surface area contributed by atoms with Crippen molar-refractivity contribution in [3.63, 3.8) is 0 Å². The normalized spacial score (nSPS) is 32.6. The van der Waals surface area contributed by atoms with E-state index in [-0.39, 0.29) is 11.6 Å². The minimum absolute atomic E-state index is 0.0296. The number of carbonyl (C=O) groups excluding carboxylic acids is 2. The number of hydrogen-bond donors (Lipinski definition) is 0. The van der Waals surface area contributed by atoms with E-state index in [2.05, 4.69) is 0 Å². The molecule has 0 bridgehead atoms. The van der Waals surface area contributed by atoms with Gasteiger partial charge in [0.1, 0.15) is 0 Å². The Hall–Kier alpha value is -1.58. The Morgan fingerprint density at radius 3 is 1.50 bits per heavy atom. The zero-order valence-corrected chi connectivity index (χ0v) is 9.43. The average molecular weight is 218 g/mol. The number of ketones is 2. The summed E-state index contributed by atoms with van der Waals surface area (Å²) in [6.07, 6.45) is 2.98. The third-order valence-electron chi connectivity index (χ3n) is 3.38. The Morgan fingerprint density at radius 1 is 0.938 bits per heavy atom. The number of rotatable bonds is 2. The van der Waals surface area contributed by atoms with Gasteiger partial charge in [0.2, 0.25) is 11.6 Å². The molecule has 0 saturated carbocycles. The van der Waals surface area contributed by atoms with E-state index in [1.165, 1.54) is 12.2 Å². The lowest BCUT2D eigenvalue weighted by atomic mass is 10.1. The van der Waals surface area contributed by atoms with Gasteiger partial charge in [0.25, 0.3) is 0 Å². The van der Waals surface area contributed by atoms with Gasteiger partial charge in [-0.3, -0.25) is 9.59 Å². The van der Waals surface area contributed by atoms with Crippen LogP contribution in [0.15, 0.2) is 23.5 Å². The van der Waals surface area contributed by atoms with Crippen LogP contribution in [0.2, 0.25) is 0 Å². The minimum atomic E-state index is -0.0296. The fraction of sp³-hybridized carbons (Fsp3) is 0.500. The summed E-state index contributed by atoms with van der Waals surface area (Å²) in [6.45, 7) is 5.86. The van der Waals surface area contributed by atoms with Gasteiger partial charge >= 0.3 is 0 Å². The molecule has 3 rings (SSSR count). The molecule has 3 aliphatic rings. The van der Waals surface area contributed by atoms with Crippen molar-refractivity contribution in [1.29, 1.82) is 0 Å². The first-order valence-electron chi connectivity index (χ1n) is 5.63. The maximum atomic E-state index is 11.9. The van der Waals surface area contributed by atoms with Crippen molar-refractivity contribution in [1.82, 2.24) is 9.80 Å². The Morgan fingerprint density at radius 2 is 1.25 bits per heavy atom. The Labute approximate surface area is 94.2 Å². The van der Waals surface area contributed by atoms with Crippen LogP contribution in [0.5, 0.6) is 0 Å². The van der Waals surface area contributed by atoms with Gasteiger partial charge in [0.15, 0.2) is 0 Å². The Balaban J connectivity index is 1.83. The van der Waals surface area contributed by atoms with Crippen molar-refractivity contribution >= 4 is 11.6 Å². The maximum absolute atomic E-state index is 11.9. The lowest BCUT2D eigenvalue weighted by Crippen LogP contribution is -2.22. The van der Waals surface area contributed by atoms with Crippen molar-refractivity contribution in [3.8, 4) is 0 Å². The summed E-state index contributed by atoms with van der Waals surface area (Å²) in [5.41, 5.74) is 1.13. The molecule has 4 heteroatoms. The molecule has 0 spiro atoms. The van der Waals surface area contributed by atoms with Crippen molar-refractivity contribution in [2.24, 2.45) is 0 Å². The van der Waals surface area contributed by atoms with Gasteiger partial charge in [-0.15, -0.1) is 0 Å². The van der Waals surface area contributed by atoms with Crippen LogP contribution in [-0.2, 0) is 9.59 Å². The zero-order valence-electron chi connectivity index (χ0n) is 9.43. The van der Waals surface area contributed by atoms with E-state index in [4.69, 9.17) is 0 Å². The number of hydrogen-bond acceptors (Lipinski definition) is 4. The second-order valence-corrected chi connectivity index (χ2v) is 4.79. The van der Waals surface area contributed by atoms with Crippen LogP contribution in [0.1, 0.15) is 13.8 Å². The third-order valence-corrected chi connectivity index (χ3v) is 3.38. The van der Waals surface area contributed by atoms with Crippen molar-refractivity contribution in [3.05, 3.63) is 23.5 Å². The molecule has 16 heavy (non-hydrogen) atoms. The molecule has 2 fully saturated rings. The first kappa shape index (κ1) is 9.63. The highest BCUT2D eigenvalue weighted by Gasteiger charge is 2.40. The molecule has 84 valence electrons. The summed E-state index contributed by atoms with van der Waals surface area (Å²) in [5.74, 6) is -0.0592. The quantitative estimate of drug-likeness (QED) is 0.494. The molecule has 2 aliphatic heterocycles. The number of allylic oxidation sites excluding steroid dienone is 2. The standard InChI is InChI=1S/C12H14N2O2/c1-7-5-13(7)9-3-12(16)10(4-11(9)15)14-6-8(14)2/h3-4,7-8H,5-6H2,1-2H3. The van der Waals surface area contributed by atoms with Gasteiger partial charge in [-0.25, -0.2) is 0 Å².